The highest BCUT2D eigenvalue weighted by Crippen LogP contribution is 2.11. The molecule has 1 aromatic heterocycles. The molecule has 2 heterocycles. The first-order valence-corrected chi connectivity index (χ1v) is 4.89. The van der Waals surface area contributed by atoms with E-state index in [-0.39, 0.29) is 5.91 Å². The van der Waals surface area contributed by atoms with E-state index < -0.39 is 0 Å². The van der Waals surface area contributed by atoms with Gasteiger partial charge in [0.05, 0.1) is 12.4 Å². The Morgan fingerprint density at radius 2 is 2.07 bits per heavy atom. The molecule has 0 bridgehead atoms. The molecule has 3 N–H and O–H groups in total. The molecule has 6 nitrogen and oxygen atoms in total. The molecule has 0 unspecified atom stereocenters. The van der Waals surface area contributed by atoms with Crippen LogP contribution in [0.3, 0.4) is 0 Å². The van der Waals surface area contributed by atoms with Crippen LogP contribution in [0.2, 0.25) is 0 Å². The second-order valence-corrected chi connectivity index (χ2v) is 3.43. The normalized spacial score (nSPS) is 15.4. The first kappa shape index (κ1) is 9.85. The lowest BCUT2D eigenvalue weighted by Crippen LogP contribution is -2.28. The highest BCUT2D eigenvalue weighted by molar-refractivity contribution is 5.92. The molecule has 1 amide bonds. The topological polar surface area (TPSA) is 84.1 Å². The number of carbonyl (C=O) groups excluding carboxylic acids is 1. The molecule has 0 radical (unpaired) electrons. The molecule has 1 aliphatic rings. The number of hydrogen-bond acceptors (Lipinski definition) is 5. The number of nitrogens with one attached hydrogen (secondary N) is 1. The molecule has 0 spiro atoms. The van der Waals surface area contributed by atoms with Crippen LogP contribution < -0.4 is 11.3 Å². The van der Waals surface area contributed by atoms with Gasteiger partial charge in [0.2, 0.25) is 0 Å². The smallest absolute Gasteiger partial charge is 0.274 e. The van der Waals surface area contributed by atoms with Gasteiger partial charge in [-0.05, 0) is 12.8 Å². The molecule has 0 atom stereocenters. The zero-order valence-corrected chi connectivity index (χ0v) is 8.31. The van der Waals surface area contributed by atoms with E-state index in [0.717, 1.165) is 25.9 Å². The Kier molecular flexibility index (Phi) is 2.77. The van der Waals surface area contributed by atoms with Crippen LogP contribution in [0.5, 0.6) is 0 Å². The summed E-state index contributed by atoms with van der Waals surface area (Å²) >= 11 is 0. The standard InChI is InChI=1S/C9H13N5O/c10-13-8-6-11-7(5-12-8)9(15)14-3-1-2-4-14/h5-6H,1-4,10H2,(H,12,13). The summed E-state index contributed by atoms with van der Waals surface area (Å²) in [7, 11) is 0. The van der Waals surface area contributed by atoms with E-state index in [1.165, 1.54) is 12.4 Å². The van der Waals surface area contributed by atoms with Gasteiger partial charge in [-0.3, -0.25) is 4.79 Å². The Bertz CT molecular complexity index is 344. The fourth-order valence-electron chi connectivity index (χ4n) is 1.60. The van der Waals surface area contributed by atoms with Gasteiger partial charge in [-0.2, -0.15) is 0 Å². The zero-order chi connectivity index (χ0) is 10.7. The van der Waals surface area contributed by atoms with Gasteiger partial charge in [0.15, 0.2) is 5.82 Å². The quantitative estimate of drug-likeness (QED) is 0.526. The van der Waals surface area contributed by atoms with Gasteiger partial charge in [-0.15, -0.1) is 0 Å². The predicted octanol–water partition coefficient (Wildman–Crippen LogP) is -0.00180. The van der Waals surface area contributed by atoms with Gasteiger partial charge >= 0.3 is 0 Å². The lowest BCUT2D eigenvalue weighted by Gasteiger charge is -2.13. The first-order valence-electron chi connectivity index (χ1n) is 4.89. The third-order valence-corrected chi connectivity index (χ3v) is 2.41. The third-order valence-electron chi connectivity index (χ3n) is 2.41. The summed E-state index contributed by atoms with van der Waals surface area (Å²) < 4.78 is 0. The maximum absolute atomic E-state index is 11.8. The fraction of sp³-hybridized carbons (Fsp3) is 0.444. The number of hydrogen-bond donors (Lipinski definition) is 2. The van der Waals surface area contributed by atoms with E-state index in [2.05, 4.69) is 15.4 Å². The summed E-state index contributed by atoms with van der Waals surface area (Å²) in [6, 6.07) is 0. The molecule has 6 heteroatoms. The van der Waals surface area contributed by atoms with Gasteiger partial charge in [-0.25, -0.2) is 15.8 Å². The molecule has 1 aliphatic heterocycles. The molecular weight excluding hydrogens is 194 g/mol. The molecule has 1 saturated heterocycles. The van der Waals surface area contributed by atoms with Crippen LogP contribution in [0.25, 0.3) is 0 Å². The van der Waals surface area contributed by atoms with Crippen molar-refractivity contribution in [3.05, 3.63) is 18.1 Å². The van der Waals surface area contributed by atoms with Crippen LogP contribution in [0, 0.1) is 0 Å². The van der Waals surface area contributed by atoms with E-state index in [0.29, 0.717) is 11.5 Å². The number of nitrogens with two attached hydrogens (primary N) is 1. The number of nitrogen functional groups attached to an aromatic ring is 1. The van der Waals surface area contributed by atoms with E-state index in [1.54, 1.807) is 4.90 Å². The minimum Gasteiger partial charge on any atom is -0.337 e. The second kappa shape index (κ2) is 4.22. The van der Waals surface area contributed by atoms with Gasteiger partial charge < -0.3 is 10.3 Å². The number of nitrogens with zero attached hydrogens (tertiary/aromatic N) is 3. The van der Waals surface area contributed by atoms with Crippen molar-refractivity contribution in [1.82, 2.24) is 14.9 Å². The summed E-state index contributed by atoms with van der Waals surface area (Å²) in [5.41, 5.74) is 2.74. The monoisotopic (exact) mass is 207 g/mol. The van der Waals surface area contributed by atoms with E-state index in [4.69, 9.17) is 5.84 Å². The number of aromatic nitrogens is 2. The highest BCUT2D eigenvalue weighted by atomic mass is 16.2. The fourth-order valence-corrected chi connectivity index (χ4v) is 1.60. The number of likely N-dealkylation sites (tertiary alicyclic amines) is 1. The maximum atomic E-state index is 11.8. The SMILES string of the molecule is NNc1cnc(C(=O)N2CCCC2)cn1. The lowest BCUT2D eigenvalue weighted by atomic mass is 10.4. The number of carbonyl (C=O) groups is 1. The van der Waals surface area contributed by atoms with E-state index in [1.807, 2.05) is 0 Å². The molecule has 1 fully saturated rings. The molecule has 0 aromatic carbocycles. The Balaban J connectivity index is 2.11. The van der Waals surface area contributed by atoms with Crippen LogP contribution >= 0.6 is 0 Å². The summed E-state index contributed by atoms with van der Waals surface area (Å²) in [5, 5.41) is 0. The van der Waals surface area contributed by atoms with E-state index in [9.17, 15) is 4.79 Å². The van der Waals surface area contributed by atoms with E-state index >= 15 is 0 Å². The minimum absolute atomic E-state index is 0.0522. The van der Waals surface area contributed by atoms with Crippen LogP contribution in [0.15, 0.2) is 12.4 Å². The lowest BCUT2D eigenvalue weighted by molar-refractivity contribution is 0.0786. The molecule has 15 heavy (non-hydrogen) atoms. The average molecular weight is 207 g/mol. The van der Waals surface area contributed by atoms with Crippen LogP contribution in [0.4, 0.5) is 5.82 Å². The largest absolute Gasteiger partial charge is 0.337 e. The van der Waals surface area contributed by atoms with Gasteiger partial charge in [0, 0.05) is 13.1 Å². The highest BCUT2D eigenvalue weighted by Gasteiger charge is 2.20. The molecule has 80 valence electrons. The summed E-state index contributed by atoms with van der Waals surface area (Å²) in [5.74, 6) is 5.55. The van der Waals surface area contributed by atoms with Crippen molar-refractivity contribution in [3.63, 3.8) is 0 Å². The van der Waals surface area contributed by atoms with Crippen LogP contribution in [-0.4, -0.2) is 33.9 Å². The number of anilines is 1. The Morgan fingerprint density at radius 1 is 1.33 bits per heavy atom. The van der Waals surface area contributed by atoms with Crippen LogP contribution in [0.1, 0.15) is 23.3 Å². The first-order chi connectivity index (χ1) is 7.31. The summed E-state index contributed by atoms with van der Waals surface area (Å²) in [4.78, 5) is 21.6. The van der Waals surface area contributed by atoms with Crippen molar-refractivity contribution < 1.29 is 4.79 Å². The third kappa shape index (κ3) is 2.04. The molecule has 1 aromatic rings. The van der Waals surface area contributed by atoms with Gasteiger partial charge in [-0.1, -0.05) is 0 Å². The number of rotatable bonds is 2. The van der Waals surface area contributed by atoms with Crippen molar-refractivity contribution in [1.29, 1.82) is 0 Å². The number of amides is 1. The number of hydrazine groups is 1. The van der Waals surface area contributed by atoms with Gasteiger partial charge in [0.25, 0.3) is 5.91 Å². The molecule has 0 saturated carbocycles. The summed E-state index contributed by atoms with van der Waals surface area (Å²) in [6.45, 7) is 1.63. The van der Waals surface area contributed by atoms with Crippen LogP contribution in [-0.2, 0) is 0 Å². The summed E-state index contributed by atoms with van der Waals surface area (Å²) in [6.07, 6.45) is 5.03. The second-order valence-electron chi connectivity index (χ2n) is 3.43. The predicted molar refractivity (Wildman–Crippen MR) is 55.0 cm³/mol. The van der Waals surface area contributed by atoms with Crippen molar-refractivity contribution >= 4 is 11.7 Å². The Morgan fingerprint density at radius 3 is 2.60 bits per heavy atom. The Labute approximate surface area is 87.5 Å². The Hall–Kier alpha value is -1.69. The van der Waals surface area contributed by atoms with Crippen molar-refractivity contribution in [3.8, 4) is 0 Å². The van der Waals surface area contributed by atoms with Gasteiger partial charge in [0.1, 0.15) is 5.69 Å². The molecule has 0 aliphatic carbocycles. The molecule has 2 rings (SSSR count). The van der Waals surface area contributed by atoms with Crippen molar-refractivity contribution in [2.75, 3.05) is 18.5 Å². The van der Waals surface area contributed by atoms with Crippen molar-refractivity contribution in [2.24, 2.45) is 5.84 Å². The zero-order valence-electron chi connectivity index (χ0n) is 8.31. The maximum Gasteiger partial charge on any atom is 0.274 e. The minimum atomic E-state index is -0.0522. The average Bonchev–Trinajstić information content (AvgIpc) is 2.82. The van der Waals surface area contributed by atoms with Crippen molar-refractivity contribution in [2.45, 2.75) is 12.8 Å². The molecular formula is C9H13N5O.